The van der Waals surface area contributed by atoms with Gasteiger partial charge in [-0.1, -0.05) is 13.0 Å². The lowest BCUT2D eigenvalue weighted by Gasteiger charge is -2.35. The Morgan fingerprint density at radius 1 is 1.11 bits per heavy atom. The summed E-state index contributed by atoms with van der Waals surface area (Å²) in [6.45, 7) is 4.61. The lowest BCUT2D eigenvalue weighted by Crippen LogP contribution is -2.39. The molecule has 2 heterocycles. The van der Waals surface area contributed by atoms with Crippen LogP contribution in [-0.4, -0.2) is 34.6 Å². The molecule has 2 aromatic rings. The minimum absolute atomic E-state index is 0.164. The summed E-state index contributed by atoms with van der Waals surface area (Å²) in [5.74, 6) is 0.327. The van der Waals surface area contributed by atoms with E-state index >= 15 is 0 Å². The molecule has 0 radical (unpaired) electrons. The summed E-state index contributed by atoms with van der Waals surface area (Å²) in [4.78, 5) is 25.9. The summed E-state index contributed by atoms with van der Waals surface area (Å²) in [6, 6.07) is 11.0. The second-order valence-electron chi connectivity index (χ2n) is 6.74. The van der Waals surface area contributed by atoms with Gasteiger partial charge < -0.3 is 15.5 Å². The monoisotopic (exact) mass is 367 g/mol. The predicted octanol–water partition coefficient (Wildman–Crippen LogP) is 3.46. The summed E-state index contributed by atoms with van der Waals surface area (Å²) in [6.07, 6.45) is 4.66. The number of hydrogen-bond acceptors (Lipinski definition) is 5. The van der Waals surface area contributed by atoms with Gasteiger partial charge in [-0.05, 0) is 56.0 Å². The highest BCUT2D eigenvalue weighted by atomic mass is 16.2. The van der Waals surface area contributed by atoms with Crippen LogP contribution in [0.5, 0.6) is 0 Å². The van der Waals surface area contributed by atoms with Crippen LogP contribution in [0, 0.1) is 0 Å². The minimum atomic E-state index is -0.334. The maximum Gasteiger partial charge on any atom is 0.276 e. The van der Waals surface area contributed by atoms with Crippen LogP contribution in [0.4, 0.5) is 17.2 Å². The molecule has 0 saturated carbocycles. The number of aromatic nitrogens is 2. The van der Waals surface area contributed by atoms with E-state index in [1.807, 2.05) is 6.07 Å². The van der Waals surface area contributed by atoms with Crippen LogP contribution >= 0.6 is 0 Å². The number of nitrogens with zero attached hydrogens (tertiary/aromatic N) is 3. The summed E-state index contributed by atoms with van der Waals surface area (Å²) in [7, 11) is 0. The predicted molar refractivity (Wildman–Crippen MR) is 106 cm³/mol. The van der Waals surface area contributed by atoms with Gasteiger partial charge in [-0.3, -0.25) is 9.59 Å². The van der Waals surface area contributed by atoms with Crippen molar-refractivity contribution in [1.29, 1.82) is 0 Å². The lowest BCUT2D eigenvalue weighted by molar-refractivity contribution is -0.114. The van der Waals surface area contributed by atoms with Gasteiger partial charge in [0.05, 0.1) is 0 Å². The van der Waals surface area contributed by atoms with Crippen molar-refractivity contribution in [1.82, 2.24) is 10.2 Å². The topological polar surface area (TPSA) is 87.2 Å². The van der Waals surface area contributed by atoms with Crippen molar-refractivity contribution in [3.05, 3.63) is 42.1 Å². The molecule has 1 saturated heterocycles. The van der Waals surface area contributed by atoms with E-state index in [0.717, 1.165) is 25.2 Å². The Labute approximate surface area is 159 Å². The second-order valence-corrected chi connectivity index (χ2v) is 6.74. The number of hydrogen-bond donors (Lipinski definition) is 2. The molecular formula is C20H25N5O2. The summed E-state index contributed by atoms with van der Waals surface area (Å²) in [5, 5.41) is 13.9. The minimum Gasteiger partial charge on any atom is -0.352 e. The van der Waals surface area contributed by atoms with Gasteiger partial charge in [-0.25, -0.2) is 0 Å². The van der Waals surface area contributed by atoms with E-state index in [1.54, 1.807) is 30.3 Å². The number of benzene rings is 1. The third-order valence-electron chi connectivity index (χ3n) is 4.72. The Kier molecular flexibility index (Phi) is 6.01. The molecule has 1 atom stereocenters. The molecular weight excluding hydrogens is 342 g/mol. The third-order valence-corrected chi connectivity index (χ3v) is 4.72. The Balaban J connectivity index is 1.68. The smallest absolute Gasteiger partial charge is 0.276 e. The van der Waals surface area contributed by atoms with Gasteiger partial charge in [-0.2, -0.15) is 0 Å². The zero-order valence-corrected chi connectivity index (χ0v) is 15.7. The molecule has 142 valence electrons. The molecule has 1 aliphatic rings. The summed E-state index contributed by atoms with van der Waals surface area (Å²) >= 11 is 0. The molecule has 2 N–H and O–H groups in total. The van der Waals surface area contributed by atoms with Gasteiger partial charge in [0.15, 0.2) is 11.5 Å². The molecule has 27 heavy (non-hydrogen) atoms. The number of amides is 2. The lowest BCUT2D eigenvalue weighted by atomic mass is 10.0. The molecule has 0 spiro atoms. The Morgan fingerprint density at radius 2 is 1.89 bits per heavy atom. The first-order chi connectivity index (χ1) is 13.1. The first-order valence-corrected chi connectivity index (χ1v) is 9.36. The molecule has 1 aromatic heterocycles. The van der Waals surface area contributed by atoms with Gasteiger partial charge in [-0.15, -0.1) is 10.2 Å². The SMILES string of the molecule is CCC1CCCCN1c1ccc(C(=O)Nc2cccc(NC(C)=O)c2)nn1. The Bertz CT molecular complexity index is 806. The fourth-order valence-electron chi connectivity index (χ4n) is 3.40. The number of carbonyl (C=O) groups excluding carboxylic acids is 2. The first kappa shape index (κ1) is 18.8. The maximum atomic E-state index is 12.4. The third kappa shape index (κ3) is 4.81. The zero-order chi connectivity index (χ0) is 19.2. The first-order valence-electron chi connectivity index (χ1n) is 9.36. The summed E-state index contributed by atoms with van der Waals surface area (Å²) < 4.78 is 0. The van der Waals surface area contributed by atoms with Gasteiger partial charge in [0.25, 0.3) is 5.91 Å². The van der Waals surface area contributed by atoms with Crippen molar-refractivity contribution >= 4 is 29.0 Å². The van der Waals surface area contributed by atoms with E-state index in [9.17, 15) is 9.59 Å². The van der Waals surface area contributed by atoms with E-state index in [0.29, 0.717) is 17.4 Å². The Morgan fingerprint density at radius 3 is 2.56 bits per heavy atom. The highest BCUT2D eigenvalue weighted by Crippen LogP contribution is 2.24. The van der Waals surface area contributed by atoms with Crippen LogP contribution in [0.2, 0.25) is 0 Å². The average molecular weight is 367 g/mol. The van der Waals surface area contributed by atoms with Crippen LogP contribution in [-0.2, 0) is 4.79 Å². The number of piperidine rings is 1. The van der Waals surface area contributed by atoms with Crippen LogP contribution in [0.1, 0.15) is 50.0 Å². The number of anilines is 3. The second kappa shape index (κ2) is 8.62. The van der Waals surface area contributed by atoms with Crippen molar-refractivity contribution in [2.45, 2.75) is 45.6 Å². The van der Waals surface area contributed by atoms with Crippen LogP contribution in [0.25, 0.3) is 0 Å². The van der Waals surface area contributed by atoms with Crippen LogP contribution in [0.3, 0.4) is 0 Å². The molecule has 3 rings (SSSR count). The largest absolute Gasteiger partial charge is 0.352 e. The molecule has 1 unspecified atom stereocenters. The number of rotatable bonds is 5. The van der Waals surface area contributed by atoms with Crippen LogP contribution < -0.4 is 15.5 Å². The van der Waals surface area contributed by atoms with Gasteiger partial charge >= 0.3 is 0 Å². The number of nitrogens with one attached hydrogen (secondary N) is 2. The molecule has 7 nitrogen and oxygen atoms in total. The highest BCUT2D eigenvalue weighted by Gasteiger charge is 2.22. The molecule has 1 aliphatic heterocycles. The van der Waals surface area contributed by atoms with Gasteiger partial charge in [0, 0.05) is 30.9 Å². The molecule has 0 bridgehead atoms. The van der Waals surface area contributed by atoms with Gasteiger partial charge in [0.2, 0.25) is 5.91 Å². The van der Waals surface area contributed by atoms with Crippen LogP contribution in [0.15, 0.2) is 36.4 Å². The van der Waals surface area contributed by atoms with E-state index in [4.69, 9.17) is 0 Å². The molecule has 1 aromatic carbocycles. The van der Waals surface area contributed by atoms with Crippen molar-refractivity contribution in [2.24, 2.45) is 0 Å². The van der Waals surface area contributed by atoms with E-state index in [2.05, 4.69) is 32.7 Å². The highest BCUT2D eigenvalue weighted by molar-refractivity contribution is 6.03. The molecule has 1 fully saturated rings. The standard InChI is InChI=1S/C20H25N5O2/c1-3-17-9-4-5-12-25(17)19-11-10-18(23-24-19)20(27)22-16-8-6-7-15(13-16)21-14(2)26/h6-8,10-11,13,17H,3-5,9,12H2,1-2H3,(H,21,26)(H,22,27). The molecule has 2 amide bonds. The maximum absolute atomic E-state index is 12.4. The van der Waals surface area contributed by atoms with Crippen molar-refractivity contribution < 1.29 is 9.59 Å². The molecule has 7 heteroatoms. The fourth-order valence-corrected chi connectivity index (χ4v) is 3.40. The quantitative estimate of drug-likeness (QED) is 0.845. The van der Waals surface area contributed by atoms with E-state index in [-0.39, 0.29) is 17.5 Å². The van der Waals surface area contributed by atoms with Crippen molar-refractivity contribution in [3.63, 3.8) is 0 Å². The summed E-state index contributed by atoms with van der Waals surface area (Å²) in [5.41, 5.74) is 1.46. The average Bonchev–Trinajstić information content (AvgIpc) is 2.68. The normalized spacial score (nSPS) is 16.7. The molecule has 0 aliphatic carbocycles. The van der Waals surface area contributed by atoms with E-state index in [1.165, 1.54) is 19.8 Å². The fraction of sp³-hybridized carbons (Fsp3) is 0.400. The Hall–Kier alpha value is -2.96. The number of carbonyl (C=O) groups is 2. The van der Waals surface area contributed by atoms with Crippen molar-refractivity contribution in [3.8, 4) is 0 Å². The zero-order valence-electron chi connectivity index (χ0n) is 15.7. The van der Waals surface area contributed by atoms with E-state index < -0.39 is 0 Å². The van der Waals surface area contributed by atoms with Gasteiger partial charge in [0.1, 0.15) is 0 Å². The van der Waals surface area contributed by atoms with Crippen molar-refractivity contribution in [2.75, 3.05) is 22.1 Å².